The Bertz CT molecular complexity index is 424. The first kappa shape index (κ1) is 14.8. The quantitative estimate of drug-likeness (QED) is 0.873. The molecule has 2 rings (SSSR count). The lowest BCUT2D eigenvalue weighted by atomic mass is 10.0. The first-order valence-corrected chi connectivity index (χ1v) is 7.06. The molecule has 0 radical (unpaired) electrons. The number of carbonyl (C=O) groups is 1. The van der Waals surface area contributed by atoms with Crippen LogP contribution in [0.2, 0.25) is 0 Å². The zero-order valence-electron chi connectivity index (χ0n) is 11.8. The van der Waals surface area contributed by atoms with Gasteiger partial charge in [0.2, 0.25) is 0 Å². The molecule has 0 aliphatic carbocycles. The Morgan fingerprint density at radius 1 is 1.45 bits per heavy atom. The average molecular weight is 278 g/mol. The van der Waals surface area contributed by atoms with Crippen molar-refractivity contribution < 1.29 is 14.6 Å². The van der Waals surface area contributed by atoms with Crippen molar-refractivity contribution in [3.8, 4) is 0 Å². The molecule has 1 heterocycles. The zero-order chi connectivity index (χ0) is 14.4. The molecule has 1 aromatic carbocycles. The van der Waals surface area contributed by atoms with Crippen LogP contribution in [-0.4, -0.2) is 47.9 Å². The lowest BCUT2D eigenvalue weighted by molar-refractivity contribution is 0.0348. The number of likely N-dealkylation sites (tertiary alicyclic amines) is 1. The van der Waals surface area contributed by atoms with E-state index in [1.165, 1.54) is 5.56 Å². The van der Waals surface area contributed by atoms with Gasteiger partial charge in [0, 0.05) is 19.6 Å². The summed E-state index contributed by atoms with van der Waals surface area (Å²) in [6.07, 6.45) is -0.280. The predicted molar refractivity (Wildman–Crippen MR) is 76.3 cm³/mol. The van der Waals surface area contributed by atoms with Gasteiger partial charge in [0.05, 0.1) is 18.8 Å². The van der Waals surface area contributed by atoms with Crippen molar-refractivity contribution in [1.29, 1.82) is 0 Å². The third kappa shape index (κ3) is 4.21. The summed E-state index contributed by atoms with van der Waals surface area (Å²) in [6.45, 7) is 4.34. The summed E-state index contributed by atoms with van der Waals surface area (Å²) < 4.78 is 4.84. The van der Waals surface area contributed by atoms with Crippen LogP contribution in [0.15, 0.2) is 30.3 Å². The van der Waals surface area contributed by atoms with Crippen LogP contribution in [-0.2, 0) is 11.3 Å². The fraction of sp³-hybridized carbons (Fsp3) is 0.533. The molecular formula is C15H22N2O3. The van der Waals surface area contributed by atoms with E-state index in [0.717, 1.165) is 19.5 Å². The van der Waals surface area contributed by atoms with Gasteiger partial charge in [0.1, 0.15) is 0 Å². The second kappa shape index (κ2) is 7.26. The number of piperidine rings is 1. The van der Waals surface area contributed by atoms with Gasteiger partial charge >= 0.3 is 6.09 Å². The Kier molecular flexibility index (Phi) is 5.38. The minimum absolute atomic E-state index is 0.221. The highest BCUT2D eigenvalue weighted by Gasteiger charge is 2.29. The van der Waals surface area contributed by atoms with Crippen LogP contribution in [0.4, 0.5) is 4.79 Å². The Morgan fingerprint density at radius 2 is 2.20 bits per heavy atom. The molecule has 2 N–H and O–H groups in total. The normalized spacial score (nSPS) is 23.3. The number of nitrogens with zero attached hydrogens (tertiary/aromatic N) is 1. The van der Waals surface area contributed by atoms with E-state index in [9.17, 15) is 9.90 Å². The number of aliphatic hydroxyl groups excluding tert-OH is 1. The minimum atomic E-state index is -0.558. The third-order valence-electron chi connectivity index (χ3n) is 3.49. The molecule has 1 aromatic rings. The summed E-state index contributed by atoms with van der Waals surface area (Å²) in [5.41, 5.74) is 1.23. The van der Waals surface area contributed by atoms with Gasteiger partial charge in [0.15, 0.2) is 0 Å². The van der Waals surface area contributed by atoms with E-state index in [-0.39, 0.29) is 6.04 Å². The number of carbonyl (C=O) groups excluding carboxylic acids is 1. The molecule has 0 bridgehead atoms. The monoisotopic (exact) mass is 278 g/mol. The highest BCUT2D eigenvalue weighted by Crippen LogP contribution is 2.14. The van der Waals surface area contributed by atoms with Gasteiger partial charge in [-0.15, -0.1) is 0 Å². The molecule has 0 aromatic heterocycles. The maximum Gasteiger partial charge on any atom is 0.407 e. The molecule has 1 amide bonds. The van der Waals surface area contributed by atoms with Crippen LogP contribution >= 0.6 is 0 Å². The third-order valence-corrected chi connectivity index (χ3v) is 3.49. The highest BCUT2D eigenvalue weighted by atomic mass is 16.5. The van der Waals surface area contributed by atoms with Gasteiger partial charge in [-0.25, -0.2) is 4.79 Å². The molecule has 2 atom stereocenters. The lowest BCUT2D eigenvalue weighted by Crippen LogP contribution is -2.53. The van der Waals surface area contributed by atoms with E-state index < -0.39 is 12.2 Å². The van der Waals surface area contributed by atoms with Crippen LogP contribution in [0.1, 0.15) is 18.9 Å². The molecule has 0 unspecified atom stereocenters. The van der Waals surface area contributed by atoms with E-state index in [4.69, 9.17) is 4.74 Å². The molecule has 110 valence electrons. The van der Waals surface area contributed by atoms with Crippen LogP contribution in [0.5, 0.6) is 0 Å². The van der Waals surface area contributed by atoms with E-state index >= 15 is 0 Å². The molecule has 0 saturated carbocycles. The Labute approximate surface area is 119 Å². The Hall–Kier alpha value is -1.59. The van der Waals surface area contributed by atoms with Crippen molar-refractivity contribution >= 4 is 6.09 Å². The number of ether oxygens (including phenoxy) is 1. The van der Waals surface area contributed by atoms with E-state index in [1.807, 2.05) is 18.2 Å². The van der Waals surface area contributed by atoms with Crippen LogP contribution in [0.25, 0.3) is 0 Å². The highest BCUT2D eigenvalue weighted by molar-refractivity contribution is 5.67. The summed E-state index contributed by atoms with van der Waals surface area (Å²) in [5.74, 6) is 0. The number of hydrogen-bond donors (Lipinski definition) is 2. The van der Waals surface area contributed by atoms with Gasteiger partial charge in [-0.2, -0.15) is 0 Å². The number of amides is 1. The van der Waals surface area contributed by atoms with Crippen molar-refractivity contribution in [1.82, 2.24) is 10.2 Å². The Morgan fingerprint density at radius 3 is 2.85 bits per heavy atom. The second-order valence-electron chi connectivity index (χ2n) is 5.05. The maximum atomic E-state index is 11.4. The van der Waals surface area contributed by atoms with Gasteiger partial charge in [-0.3, -0.25) is 4.90 Å². The van der Waals surface area contributed by atoms with Crippen molar-refractivity contribution in [2.24, 2.45) is 0 Å². The van der Waals surface area contributed by atoms with E-state index in [2.05, 4.69) is 22.3 Å². The number of benzene rings is 1. The standard InChI is InChI=1S/C15H22N2O3/c1-2-20-15(19)16-13-8-9-17(11-14(13)18)10-12-6-4-3-5-7-12/h3-7,13-14,18H,2,8-11H2,1H3,(H,16,19)/t13-,14-/m1/s1. The van der Waals surface area contributed by atoms with Gasteiger partial charge in [-0.05, 0) is 18.9 Å². The van der Waals surface area contributed by atoms with Crippen molar-refractivity contribution in [2.75, 3.05) is 19.7 Å². The number of aliphatic hydroxyl groups is 1. The van der Waals surface area contributed by atoms with Crippen LogP contribution in [0, 0.1) is 0 Å². The van der Waals surface area contributed by atoms with Crippen molar-refractivity contribution in [3.63, 3.8) is 0 Å². The zero-order valence-corrected chi connectivity index (χ0v) is 11.8. The fourth-order valence-electron chi connectivity index (χ4n) is 2.47. The number of nitrogens with one attached hydrogen (secondary N) is 1. The smallest absolute Gasteiger partial charge is 0.407 e. The molecule has 1 aliphatic heterocycles. The molecule has 5 heteroatoms. The van der Waals surface area contributed by atoms with Gasteiger partial charge in [-0.1, -0.05) is 30.3 Å². The van der Waals surface area contributed by atoms with Gasteiger partial charge in [0.25, 0.3) is 0 Å². The van der Waals surface area contributed by atoms with Gasteiger partial charge < -0.3 is 15.2 Å². The molecule has 0 spiro atoms. The molecule has 5 nitrogen and oxygen atoms in total. The number of β-amino-alcohol motifs (C(OH)–C–C–N with tert-alkyl or cyclic N) is 1. The average Bonchev–Trinajstić information content (AvgIpc) is 2.43. The van der Waals surface area contributed by atoms with Crippen LogP contribution < -0.4 is 5.32 Å². The number of hydrogen-bond acceptors (Lipinski definition) is 4. The van der Waals surface area contributed by atoms with E-state index in [1.54, 1.807) is 6.92 Å². The largest absolute Gasteiger partial charge is 0.450 e. The molecule has 20 heavy (non-hydrogen) atoms. The maximum absolute atomic E-state index is 11.4. The molecule has 1 aliphatic rings. The summed E-state index contributed by atoms with van der Waals surface area (Å²) in [7, 11) is 0. The first-order valence-electron chi connectivity index (χ1n) is 7.06. The summed E-state index contributed by atoms with van der Waals surface area (Å²) in [5, 5.41) is 12.8. The predicted octanol–water partition coefficient (Wildman–Crippen LogP) is 1.37. The summed E-state index contributed by atoms with van der Waals surface area (Å²) in [4.78, 5) is 13.6. The van der Waals surface area contributed by atoms with E-state index in [0.29, 0.717) is 13.2 Å². The first-order chi connectivity index (χ1) is 9.69. The van der Waals surface area contributed by atoms with Crippen LogP contribution in [0.3, 0.4) is 0 Å². The minimum Gasteiger partial charge on any atom is -0.450 e. The molecular weight excluding hydrogens is 256 g/mol. The summed E-state index contributed by atoms with van der Waals surface area (Å²) >= 11 is 0. The lowest BCUT2D eigenvalue weighted by Gasteiger charge is -2.36. The second-order valence-corrected chi connectivity index (χ2v) is 5.05. The Balaban J connectivity index is 1.81. The number of rotatable bonds is 4. The fourth-order valence-corrected chi connectivity index (χ4v) is 2.47. The van der Waals surface area contributed by atoms with Crippen molar-refractivity contribution in [2.45, 2.75) is 32.0 Å². The topological polar surface area (TPSA) is 61.8 Å². The van der Waals surface area contributed by atoms with Crippen molar-refractivity contribution in [3.05, 3.63) is 35.9 Å². The SMILES string of the molecule is CCOC(=O)N[C@@H]1CCN(Cc2ccccc2)C[C@H]1O. The molecule has 1 fully saturated rings. The summed E-state index contributed by atoms with van der Waals surface area (Å²) in [6, 6.07) is 9.96. The molecule has 1 saturated heterocycles. The number of alkyl carbamates (subject to hydrolysis) is 1.